The molecule has 1 fully saturated rings. The molecular weight excluding hydrogens is 442 g/mol. The van der Waals surface area contributed by atoms with E-state index in [0.717, 1.165) is 11.1 Å². The van der Waals surface area contributed by atoms with Crippen LogP contribution in [0.15, 0.2) is 36.4 Å². The average Bonchev–Trinajstić information content (AvgIpc) is 2.86. The van der Waals surface area contributed by atoms with Crippen molar-refractivity contribution >= 4 is 35.0 Å². The van der Waals surface area contributed by atoms with Crippen LogP contribution in [-0.2, 0) is 9.59 Å². The van der Waals surface area contributed by atoms with Crippen LogP contribution in [0.1, 0.15) is 37.6 Å². The van der Waals surface area contributed by atoms with E-state index in [9.17, 15) is 14.4 Å². The number of piperazine rings is 1. The number of carbonyl (C=O) groups excluding carboxylic acids is 3. The zero-order chi connectivity index (χ0) is 23.9. The van der Waals surface area contributed by atoms with Gasteiger partial charge in [-0.2, -0.15) is 0 Å². The van der Waals surface area contributed by atoms with Gasteiger partial charge in [-0.1, -0.05) is 38.4 Å². The summed E-state index contributed by atoms with van der Waals surface area (Å²) >= 11 is 6.19. The van der Waals surface area contributed by atoms with Crippen LogP contribution in [0.25, 0.3) is 11.1 Å². The lowest BCUT2D eigenvalue weighted by atomic mass is 9.91. The fourth-order valence-corrected chi connectivity index (χ4v) is 4.49. The summed E-state index contributed by atoms with van der Waals surface area (Å²) in [5.41, 5.74) is 2.22. The molecule has 2 aliphatic rings. The van der Waals surface area contributed by atoms with Gasteiger partial charge in [0.05, 0.1) is 24.9 Å². The van der Waals surface area contributed by atoms with E-state index in [1.165, 1.54) is 0 Å². The van der Waals surface area contributed by atoms with Gasteiger partial charge in [-0.3, -0.25) is 14.4 Å². The van der Waals surface area contributed by atoms with E-state index in [-0.39, 0.29) is 29.7 Å². The van der Waals surface area contributed by atoms with E-state index >= 15 is 0 Å². The van der Waals surface area contributed by atoms with Crippen molar-refractivity contribution in [3.05, 3.63) is 47.0 Å². The number of nitrogens with one attached hydrogen (secondary N) is 1. The van der Waals surface area contributed by atoms with Crippen LogP contribution >= 0.6 is 11.6 Å². The van der Waals surface area contributed by atoms with E-state index in [0.29, 0.717) is 41.5 Å². The van der Waals surface area contributed by atoms with Crippen molar-refractivity contribution in [3.63, 3.8) is 0 Å². The second-order valence-corrected chi connectivity index (χ2v) is 10.1. The number of hydrogen-bond donors (Lipinski definition) is 1. The maximum absolute atomic E-state index is 13.5. The first-order chi connectivity index (χ1) is 15.6. The number of amides is 3. The second kappa shape index (κ2) is 8.71. The predicted molar refractivity (Wildman–Crippen MR) is 128 cm³/mol. The van der Waals surface area contributed by atoms with E-state index in [1.54, 1.807) is 47.2 Å². The van der Waals surface area contributed by atoms with Gasteiger partial charge in [0.15, 0.2) is 0 Å². The monoisotopic (exact) mass is 469 g/mol. The molecule has 3 amide bonds. The number of ether oxygens (including phenoxy) is 1. The van der Waals surface area contributed by atoms with Gasteiger partial charge < -0.3 is 19.9 Å². The molecular formula is C25H28ClN3O4. The van der Waals surface area contributed by atoms with Gasteiger partial charge >= 0.3 is 0 Å². The molecule has 0 spiro atoms. The number of anilines is 1. The van der Waals surface area contributed by atoms with Crippen molar-refractivity contribution < 1.29 is 19.1 Å². The SMILES string of the molecule is COc1ccc(Cl)cc1-c1ccc2c(c1)C(=O)N1CCN(C(=O)CC(C)(C)C)CC1C(=O)N2. The van der Waals surface area contributed by atoms with Crippen LogP contribution in [0.3, 0.4) is 0 Å². The highest BCUT2D eigenvalue weighted by atomic mass is 35.5. The van der Waals surface area contributed by atoms with Crippen LogP contribution < -0.4 is 10.1 Å². The lowest BCUT2D eigenvalue weighted by Crippen LogP contribution is -2.59. The fourth-order valence-electron chi connectivity index (χ4n) is 4.32. The van der Waals surface area contributed by atoms with E-state index < -0.39 is 6.04 Å². The molecule has 1 saturated heterocycles. The van der Waals surface area contributed by atoms with E-state index in [2.05, 4.69) is 5.32 Å². The lowest BCUT2D eigenvalue weighted by Gasteiger charge is -2.40. The van der Waals surface area contributed by atoms with Crippen LogP contribution in [0.4, 0.5) is 5.69 Å². The number of benzene rings is 2. The molecule has 0 saturated carbocycles. The standard InChI is InChI=1S/C25H28ClN3O4/c1-25(2,3)13-22(30)28-9-10-29-20(14-28)23(31)27-19-7-5-15(11-18(19)24(29)32)17-12-16(26)6-8-21(17)33-4/h5-8,11-12,20H,9-10,13-14H2,1-4H3,(H,27,31). The molecule has 1 N–H and O–H groups in total. The highest BCUT2D eigenvalue weighted by molar-refractivity contribution is 6.31. The van der Waals surface area contributed by atoms with E-state index in [1.807, 2.05) is 26.8 Å². The molecule has 1 atom stereocenters. The van der Waals surface area contributed by atoms with Gasteiger partial charge in [-0.25, -0.2) is 0 Å². The largest absolute Gasteiger partial charge is 0.496 e. The van der Waals surface area contributed by atoms with Crippen LogP contribution in [0, 0.1) is 5.41 Å². The van der Waals surface area contributed by atoms with E-state index in [4.69, 9.17) is 16.3 Å². The van der Waals surface area contributed by atoms with Gasteiger partial charge in [-0.15, -0.1) is 0 Å². The Balaban J connectivity index is 1.64. The van der Waals surface area contributed by atoms with Crippen molar-refractivity contribution in [1.29, 1.82) is 0 Å². The molecule has 0 radical (unpaired) electrons. The number of halogens is 1. The Labute approximate surface area is 198 Å². The maximum atomic E-state index is 13.5. The molecule has 0 bridgehead atoms. The predicted octanol–water partition coefficient (Wildman–Crippen LogP) is 4.06. The minimum Gasteiger partial charge on any atom is -0.496 e. The summed E-state index contributed by atoms with van der Waals surface area (Å²) in [7, 11) is 1.58. The molecule has 7 nitrogen and oxygen atoms in total. The summed E-state index contributed by atoms with van der Waals surface area (Å²) in [4.78, 5) is 42.5. The smallest absolute Gasteiger partial charge is 0.256 e. The third kappa shape index (κ3) is 4.69. The molecule has 2 aliphatic heterocycles. The molecule has 33 heavy (non-hydrogen) atoms. The third-order valence-electron chi connectivity index (χ3n) is 5.96. The van der Waals surface area contributed by atoms with Gasteiger partial charge in [0.2, 0.25) is 11.8 Å². The Morgan fingerprint density at radius 2 is 1.88 bits per heavy atom. The quantitative estimate of drug-likeness (QED) is 0.735. The zero-order valence-electron chi connectivity index (χ0n) is 19.3. The topological polar surface area (TPSA) is 79.0 Å². The zero-order valence-corrected chi connectivity index (χ0v) is 20.0. The molecule has 2 aromatic carbocycles. The van der Waals surface area contributed by atoms with Crippen LogP contribution in [-0.4, -0.2) is 60.3 Å². The van der Waals surface area contributed by atoms with Crippen molar-refractivity contribution in [2.45, 2.75) is 33.2 Å². The second-order valence-electron chi connectivity index (χ2n) is 9.69. The first kappa shape index (κ1) is 23.1. The molecule has 4 rings (SSSR count). The summed E-state index contributed by atoms with van der Waals surface area (Å²) in [5.74, 6) is 0.107. The summed E-state index contributed by atoms with van der Waals surface area (Å²) in [6.45, 7) is 6.92. The first-order valence-corrected chi connectivity index (χ1v) is 11.3. The van der Waals surface area contributed by atoms with Crippen molar-refractivity contribution in [3.8, 4) is 16.9 Å². The molecule has 1 unspecified atom stereocenters. The Bertz CT molecular complexity index is 1130. The summed E-state index contributed by atoms with van der Waals surface area (Å²) < 4.78 is 5.46. The summed E-state index contributed by atoms with van der Waals surface area (Å²) in [6.07, 6.45) is 0.389. The molecule has 2 heterocycles. The fraction of sp³-hybridized carbons (Fsp3) is 0.400. The minimum atomic E-state index is -0.730. The lowest BCUT2D eigenvalue weighted by molar-refractivity contribution is -0.137. The number of fused-ring (bicyclic) bond motifs is 2. The summed E-state index contributed by atoms with van der Waals surface area (Å²) in [5, 5.41) is 3.43. The molecule has 0 aromatic heterocycles. The highest BCUT2D eigenvalue weighted by Crippen LogP contribution is 2.36. The number of carbonyl (C=O) groups is 3. The van der Waals surface area contributed by atoms with Gasteiger partial charge in [0.1, 0.15) is 11.8 Å². The Hall–Kier alpha value is -3.06. The Morgan fingerprint density at radius 1 is 1.12 bits per heavy atom. The van der Waals surface area contributed by atoms with Gasteiger partial charge in [0, 0.05) is 30.1 Å². The average molecular weight is 470 g/mol. The molecule has 0 aliphatic carbocycles. The number of nitrogens with zero attached hydrogens (tertiary/aromatic N) is 2. The highest BCUT2D eigenvalue weighted by Gasteiger charge is 2.40. The van der Waals surface area contributed by atoms with Gasteiger partial charge in [0.25, 0.3) is 5.91 Å². The molecule has 2 aromatic rings. The summed E-state index contributed by atoms with van der Waals surface area (Å²) in [6, 6.07) is 9.87. The number of rotatable bonds is 3. The third-order valence-corrected chi connectivity index (χ3v) is 6.19. The van der Waals surface area contributed by atoms with Crippen LogP contribution in [0.5, 0.6) is 5.75 Å². The molecule has 174 valence electrons. The molecule has 8 heteroatoms. The Kier molecular flexibility index (Phi) is 6.10. The van der Waals surface area contributed by atoms with Crippen molar-refractivity contribution in [2.75, 3.05) is 32.1 Å². The van der Waals surface area contributed by atoms with Crippen molar-refractivity contribution in [1.82, 2.24) is 9.80 Å². The van der Waals surface area contributed by atoms with Crippen LogP contribution in [0.2, 0.25) is 5.02 Å². The number of hydrogen-bond acceptors (Lipinski definition) is 4. The Morgan fingerprint density at radius 3 is 2.58 bits per heavy atom. The number of methoxy groups -OCH3 is 1. The van der Waals surface area contributed by atoms with Gasteiger partial charge in [-0.05, 0) is 41.3 Å². The first-order valence-electron chi connectivity index (χ1n) is 10.9. The normalized spacial score (nSPS) is 18.3. The maximum Gasteiger partial charge on any atom is 0.256 e. The minimum absolute atomic E-state index is 0.000465. The van der Waals surface area contributed by atoms with Crippen molar-refractivity contribution in [2.24, 2.45) is 5.41 Å².